The molecule has 0 amide bonds. The summed E-state index contributed by atoms with van der Waals surface area (Å²) < 4.78 is 13.6. The van der Waals surface area contributed by atoms with Crippen LogP contribution in [0.1, 0.15) is 30.0 Å². The number of halogens is 1. The van der Waals surface area contributed by atoms with Crippen molar-refractivity contribution >= 4 is 17.2 Å². The number of rotatable bonds is 4. The minimum absolute atomic E-state index is 0.0367. The lowest BCUT2D eigenvalue weighted by Gasteiger charge is -2.05. The highest BCUT2D eigenvalue weighted by molar-refractivity contribution is 5.69. The van der Waals surface area contributed by atoms with Gasteiger partial charge in [-0.3, -0.25) is 15.2 Å². The van der Waals surface area contributed by atoms with Crippen molar-refractivity contribution in [3.8, 4) is 6.07 Å². The fourth-order valence-corrected chi connectivity index (χ4v) is 2.04. The first-order chi connectivity index (χ1) is 10.1. The molecule has 1 fully saturated rings. The number of anilines is 2. The number of hydrogen-bond donors (Lipinski definition) is 2. The standard InChI is InChI=1S/C13H10FN5O2/c14-9-4-11(12(19(20)21)3-8(9)6-15)16-13-5-10(17-18-13)7-1-2-7/h3-5,7H,1-2H2,(H2,16,17,18). The van der Waals surface area contributed by atoms with Crippen molar-refractivity contribution < 1.29 is 9.31 Å². The zero-order valence-electron chi connectivity index (χ0n) is 10.8. The Morgan fingerprint density at radius 2 is 2.24 bits per heavy atom. The molecule has 0 saturated heterocycles. The number of nitrogens with one attached hydrogen (secondary N) is 2. The molecule has 1 aliphatic rings. The maximum Gasteiger partial charge on any atom is 0.294 e. The fourth-order valence-electron chi connectivity index (χ4n) is 2.04. The van der Waals surface area contributed by atoms with Crippen molar-refractivity contribution in [2.75, 3.05) is 5.32 Å². The third-order valence-electron chi connectivity index (χ3n) is 3.28. The molecule has 2 N–H and O–H groups in total. The Morgan fingerprint density at radius 3 is 2.86 bits per heavy atom. The van der Waals surface area contributed by atoms with Gasteiger partial charge in [0.05, 0.1) is 10.5 Å². The summed E-state index contributed by atoms with van der Waals surface area (Å²) in [5, 5.41) is 29.3. The van der Waals surface area contributed by atoms with Gasteiger partial charge in [-0.2, -0.15) is 10.4 Å². The van der Waals surface area contributed by atoms with E-state index < -0.39 is 10.7 Å². The van der Waals surface area contributed by atoms with Gasteiger partial charge in [0.2, 0.25) is 0 Å². The number of nitrogens with zero attached hydrogens (tertiary/aromatic N) is 3. The zero-order chi connectivity index (χ0) is 15.0. The molecule has 1 aromatic carbocycles. The molecule has 0 radical (unpaired) electrons. The van der Waals surface area contributed by atoms with E-state index in [1.54, 1.807) is 12.1 Å². The summed E-state index contributed by atoms with van der Waals surface area (Å²) in [5.41, 5.74) is 0.177. The normalized spacial score (nSPS) is 13.7. The molecule has 21 heavy (non-hydrogen) atoms. The Labute approximate surface area is 118 Å². The first kappa shape index (κ1) is 13.1. The Morgan fingerprint density at radius 1 is 1.48 bits per heavy atom. The van der Waals surface area contributed by atoms with Crippen LogP contribution in [0.5, 0.6) is 0 Å². The smallest absolute Gasteiger partial charge is 0.294 e. The SMILES string of the molecule is N#Cc1cc([N+](=O)[O-])c(Nc2cc(C3CC3)[nH]n2)cc1F. The van der Waals surface area contributed by atoms with E-state index in [1.165, 1.54) is 0 Å². The quantitative estimate of drug-likeness (QED) is 0.664. The van der Waals surface area contributed by atoms with E-state index in [0.29, 0.717) is 11.7 Å². The largest absolute Gasteiger partial charge is 0.333 e. The van der Waals surface area contributed by atoms with Gasteiger partial charge in [0.15, 0.2) is 5.82 Å². The van der Waals surface area contributed by atoms with Gasteiger partial charge in [-0.15, -0.1) is 0 Å². The number of nitro benzene ring substituents is 1. The maximum atomic E-state index is 13.6. The molecule has 1 saturated carbocycles. The van der Waals surface area contributed by atoms with Gasteiger partial charge in [-0.05, 0) is 12.8 Å². The number of benzene rings is 1. The lowest BCUT2D eigenvalue weighted by molar-refractivity contribution is -0.384. The van der Waals surface area contributed by atoms with E-state index in [0.717, 1.165) is 30.7 Å². The van der Waals surface area contributed by atoms with E-state index in [2.05, 4.69) is 15.5 Å². The third-order valence-corrected chi connectivity index (χ3v) is 3.28. The van der Waals surface area contributed by atoms with Crippen molar-refractivity contribution in [2.24, 2.45) is 0 Å². The first-order valence-electron chi connectivity index (χ1n) is 6.29. The molecule has 0 bridgehead atoms. The second-order valence-electron chi connectivity index (χ2n) is 4.83. The van der Waals surface area contributed by atoms with Crippen LogP contribution in [-0.4, -0.2) is 15.1 Å². The first-order valence-corrected chi connectivity index (χ1v) is 6.29. The second kappa shape index (κ2) is 4.86. The summed E-state index contributed by atoms with van der Waals surface area (Å²) in [4.78, 5) is 10.4. The molecule has 0 atom stereocenters. The Kier molecular flexibility index (Phi) is 3.02. The lowest BCUT2D eigenvalue weighted by Crippen LogP contribution is -2.00. The minimum atomic E-state index is -0.816. The number of H-pyrrole nitrogens is 1. The predicted octanol–water partition coefficient (Wildman–Crippen LogP) is 2.95. The summed E-state index contributed by atoms with van der Waals surface area (Å²) in [5.74, 6) is 0.0217. The van der Waals surface area contributed by atoms with Gasteiger partial charge < -0.3 is 5.32 Å². The molecular formula is C13H10FN5O2. The van der Waals surface area contributed by atoms with Crippen LogP contribution in [0.2, 0.25) is 0 Å². The molecule has 0 aliphatic heterocycles. The van der Waals surface area contributed by atoms with E-state index >= 15 is 0 Å². The Hall–Kier alpha value is -2.95. The van der Waals surface area contributed by atoms with E-state index in [9.17, 15) is 14.5 Å². The molecule has 8 heteroatoms. The van der Waals surface area contributed by atoms with E-state index in [1.807, 2.05) is 0 Å². The van der Waals surface area contributed by atoms with Crippen molar-refractivity contribution in [1.82, 2.24) is 10.2 Å². The van der Waals surface area contributed by atoms with E-state index in [-0.39, 0.29) is 16.9 Å². The third kappa shape index (κ3) is 2.53. The van der Waals surface area contributed by atoms with Crippen LogP contribution in [0.25, 0.3) is 0 Å². The van der Waals surface area contributed by atoms with Gasteiger partial charge in [-0.1, -0.05) is 0 Å². The highest BCUT2D eigenvalue weighted by Gasteiger charge is 2.26. The number of nitro groups is 1. The van der Waals surface area contributed by atoms with Gasteiger partial charge in [-0.25, -0.2) is 4.39 Å². The van der Waals surface area contributed by atoms with Crippen LogP contribution < -0.4 is 5.32 Å². The fraction of sp³-hybridized carbons (Fsp3) is 0.231. The molecule has 0 spiro atoms. The van der Waals surface area contributed by atoms with Crippen LogP contribution in [0.3, 0.4) is 0 Å². The average molecular weight is 287 g/mol. The van der Waals surface area contributed by atoms with Gasteiger partial charge in [0.25, 0.3) is 5.69 Å². The second-order valence-corrected chi connectivity index (χ2v) is 4.83. The van der Waals surface area contributed by atoms with Crippen LogP contribution in [0.15, 0.2) is 18.2 Å². The van der Waals surface area contributed by atoms with Crippen molar-refractivity contribution in [2.45, 2.75) is 18.8 Å². The van der Waals surface area contributed by atoms with Crippen LogP contribution in [-0.2, 0) is 0 Å². The molecular weight excluding hydrogens is 277 g/mol. The summed E-state index contributed by atoms with van der Waals surface area (Å²) in [6.45, 7) is 0. The van der Waals surface area contributed by atoms with Crippen LogP contribution in [0, 0.1) is 27.3 Å². The molecule has 0 unspecified atom stereocenters. The molecule has 3 rings (SSSR count). The summed E-state index contributed by atoms with van der Waals surface area (Å²) in [6.07, 6.45) is 2.18. The van der Waals surface area contributed by atoms with Crippen molar-refractivity contribution in [1.29, 1.82) is 5.26 Å². The minimum Gasteiger partial charge on any atom is -0.333 e. The predicted molar refractivity (Wildman–Crippen MR) is 71.6 cm³/mol. The van der Waals surface area contributed by atoms with Gasteiger partial charge in [0, 0.05) is 29.8 Å². The molecule has 106 valence electrons. The van der Waals surface area contributed by atoms with Gasteiger partial charge >= 0.3 is 0 Å². The lowest BCUT2D eigenvalue weighted by atomic mass is 10.1. The highest BCUT2D eigenvalue weighted by atomic mass is 19.1. The number of aromatic nitrogens is 2. The summed E-state index contributed by atoms with van der Waals surface area (Å²) >= 11 is 0. The topological polar surface area (TPSA) is 108 Å². The number of aromatic amines is 1. The van der Waals surface area contributed by atoms with Gasteiger partial charge in [0.1, 0.15) is 17.6 Å². The van der Waals surface area contributed by atoms with Crippen molar-refractivity contribution in [3.05, 3.63) is 45.4 Å². The molecule has 1 aliphatic carbocycles. The average Bonchev–Trinajstić information content (AvgIpc) is 3.19. The maximum absolute atomic E-state index is 13.6. The molecule has 1 heterocycles. The molecule has 2 aromatic rings. The summed E-state index contributed by atoms with van der Waals surface area (Å²) in [7, 11) is 0. The highest BCUT2D eigenvalue weighted by Crippen LogP contribution is 2.40. The summed E-state index contributed by atoms with van der Waals surface area (Å²) in [6, 6.07) is 5.17. The van der Waals surface area contributed by atoms with Crippen LogP contribution >= 0.6 is 0 Å². The molecule has 1 aromatic heterocycles. The number of nitriles is 1. The number of hydrogen-bond acceptors (Lipinski definition) is 5. The van der Waals surface area contributed by atoms with Crippen molar-refractivity contribution in [3.63, 3.8) is 0 Å². The molecule has 7 nitrogen and oxygen atoms in total. The Balaban J connectivity index is 1.94. The Bertz CT molecular complexity index is 760. The van der Waals surface area contributed by atoms with Crippen LogP contribution in [0.4, 0.5) is 21.6 Å². The zero-order valence-corrected chi connectivity index (χ0v) is 10.8. The van der Waals surface area contributed by atoms with E-state index in [4.69, 9.17) is 5.26 Å². The monoisotopic (exact) mass is 287 g/mol.